The molecule has 0 aliphatic carbocycles. The molecule has 2 heterocycles. The molecule has 0 atom stereocenters. The van der Waals surface area contributed by atoms with Crippen LogP contribution in [0.2, 0.25) is 5.02 Å². The molecular weight excluding hydrogens is 438 g/mol. The zero-order valence-corrected chi connectivity index (χ0v) is 17.3. The molecule has 0 radical (unpaired) electrons. The normalized spacial score (nSPS) is 15.2. The van der Waals surface area contributed by atoms with Crippen LogP contribution in [0.25, 0.3) is 17.4 Å². The summed E-state index contributed by atoms with van der Waals surface area (Å²) >= 11 is 6.14. The van der Waals surface area contributed by atoms with Gasteiger partial charge in [0.2, 0.25) is 0 Å². The number of hydrogen-bond acceptors (Lipinski definition) is 6. The third kappa shape index (κ3) is 3.88. The molecule has 2 aromatic carbocycles. The number of benzene rings is 2. The lowest BCUT2D eigenvalue weighted by atomic mass is 10.1. The minimum atomic E-state index is -0.866. The summed E-state index contributed by atoms with van der Waals surface area (Å²) in [5, 5.41) is 13.4. The van der Waals surface area contributed by atoms with Gasteiger partial charge in [-0.3, -0.25) is 25.0 Å². The molecule has 32 heavy (non-hydrogen) atoms. The summed E-state index contributed by atoms with van der Waals surface area (Å²) < 4.78 is 5.65. The second-order valence-electron chi connectivity index (χ2n) is 6.92. The standard InChI is InChI=1S/C22H14ClN3O6/c1-12-2-4-13(5-3-12)25-21(28)17(20(27)24-22(25)29)11-15-7-9-19(32-15)16-10-14(26(30)31)6-8-18(16)23/h2-11H,1H3,(H,24,27,29)/b17-11+. The molecule has 0 spiro atoms. The Morgan fingerprint density at radius 3 is 2.47 bits per heavy atom. The van der Waals surface area contributed by atoms with E-state index in [1.54, 1.807) is 24.3 Å². The number of urea groups is 1. The van der Waals surface area contributed by atoms with Gasteiger partial charge in [0.25, 0.3) is 17.5 Å². The molecule has 4 amide bonds. The molecule has 0 bridgehead atoms. The molecule has 1 N–H and O–H groups in total. The highest BCUT2D eigenvalue weighted by Gasteiger charge is 2.37. The largest absolute Gasteiger partial charge is 0.457 e. The van der Waals surface area contributed by atoms with E-state index in [-0.39, 0.29) is 33.4 Å². The maximum atomic E-state index is 12.9. The third-order valence-corrected chi connectivity index (χ3v) is 5.06. The number of nitrogens with one attached hydrogen (secondary N) is 1. The second kappa shape index (κ2) is 8.12. The Morgan fingerprint density at radius 2 is 1.78 bits per heavy atom. The van der Waals surface area contributed by atoms with E-state index in [4.69, 9.17) is 16.0 Å². The third-order valence-electron chi connectivity index (χ3n) is 4.73. The van der Waals surface area contributed by atoms with Crippen LogP contribution in [0.1, 0.15) is 11.3 Å². The number of amides is 4. The molecule has 1 saturated heterocycles. The number of aryl methyl sites for hydroxylation is 1. The molecule has 1 aliphatic heterocycles. The monoisotopic (exact) mass is 451 g/mol. The van der Waals surface area contributed by atoms with Crippen LogP contribution in [-0.2, 0) is 9.59 Å². The van der Waals surface area contributed by atoms with Gasteiger partial charge in [-0.25, -0.2) is 9.69 Å². The van der Waals surface area contributed by atoms with Crippen LogP contribution < -0.4 is 10.2 Å². The topological polar surface area (TPSA) is 123 Å². The van der Waals surface area contributed by atoms with Crippen LogP contribution in [0.3, 0.4) is 0 Å². The number of halogens is 1. The molecule has 1 aromatic heterocycles. The maximum Gasteiger partial charge on any atom is 0.335 e. The van der Waals surface area contributed by atoms with Gasteiger partial charge in [-0.05, 0) is 43.3 Å². The number of hydrogen-bond donors (Lipinski definition) is 1. The molecule has 0 unspecified atom stereocenters. The number of nitro benzene ring substituents is 1. The number of barbiturate groups is 1. The van der Waals surface area contributed by atoms with Gasteiger partial charge in [0, 0.05) is 17.7 Å². The van der Waals surface area contributed by atoms with E-state index in [9.17, 15) is 24.5 Å². The van der Waals surface area contributed by atoms with Crippen molar-refractivity contribution < 1.29 is 23.7 Å². The summed E-state index contributed by atoms with van der Waals surface area (Å²) in [5.41, 5.74) is 1.04. The van der Waals surface area contributed by atoms with E-state index in [0.29, 0.717) is 5.69 Å². The number of nitro groups is 1. The van der Waals surface area contributed by atoms with Crippen LogP contribution in [0, 0.1) is 17.0 Å². The highest BCUT2D eigenvalue weighted by Crippen LogP contribution is 2.33. The number of rotatable bonds is 4. The van der Waals surface area contributed by atoms with E-state index in [2.05, 4.69) is 5.32 Å². The summed E-state index contributed by atoms with van der Waals surface area (Å²) in [4.78, 5) is 48.8. The van der Waals surface area contributed by atoms with Crippen LogP contribution in [-0.4, -0.2) is 22.8 Å². The van der Waals surface area contributed by atoms with Gasteiger partial charge in [-0.2, -0.15) is 0 Å². The summed E-state index contributed by atoms with van der Waals surface area (Å²) in [6, 6.07) is 12.7. The minimum Gasteiger partial charge on any atom is -0.457 e. The summed E-state index contributed by atoms with van der Waals surface area (Å²) in [6.45, 7) is 1.86. The van der Waals surface area contributed by atoms with Gasteiger partial charge < -0.3 is 4.42 Å². The van der Waals surface area contributed by atoms with Crippen molar-refractivity contribution >= 4 is 46.9 Å². The maximum absolute atomic E-state index is 12.9. The van der Waals surface area contributed by atoms with Crippen molar-refractivity contribution in [3.63, 3.8) is 0 Å². The Hall–Kier alpha value is -4.24. The van der Waals surface area contributed by atoms with Gasteiger partial charge in [0.05, 0.1) is 15.6 Å². The lowest BCUT2D eigenvalue weighted by Crippen LogP contribution is -2.54. The van der Waals surface area contributed by atoms with Gasteiger partial charge in [0.1, 0.15) is 17.1 Å². The van der Waals surface area contributed by atoms with E-state index >= 15 is 0 Å². The van der Waals surface area contributed by atoms with Gasteiger partial charge in [0.15, 0.2) is 0 Å². The minimum absolute atomic E-state index is 0.124. The number of imide groups is 2. The van der Waals surface area contributed by atoms with E-state index < -0.39 is 22.8 Å². The van der Waals surface area contributed by atoms with Crippen molar-refractivity contribution in [2.45, 2.75) is 6.92 Å². The molecule has 1 fully saturated rings. The van der Waals surface area contributed by atoms with Crippen molar-refractivity contribution in [3.8, 4) is 11.3 Å². The molecule has 9 nitrogen and oxygen atoms in total. The first-order valence-electron chi connectivity index (χ1n) is 9.27. The van der Waals surface area contributed by atoms with Crippen molar-refractivity contribution in [3.05, 3.63) is 86.6 Å². The first-order chi connectivity index (χ1) is 15.2. The SMILES string of the molecule is Cc1ccc(N2C(=O)NC(=O)/C(=C\c3ccc(-c4cc([N+](=O)[O-])ccc4Cl)o3)C2=O)cc1. The van der Waals surface area contributed by atoms with Crippen molar-refractivity contribution in [1.29, 1.82) is 0 Å². The number of carbonyl (C=O) groups excluding carboxylic acids is 3. The van der Waals surface area contributed by atoms with Crippen LogP contribution in [0.4, 0.5) is 16.2 Å². The highest BCUT2D eigenvalue weighted by molar-refractivity contribution is 6.39. The van der Waals surface area contributed by atoms with Crippen molar-refractivity contribution in [2.75, 3.05) is 4.90 Å². The lowest BCUT2D eigenvalue weighted by Gasteiger charge is -2.26. The van der Waals surface area contributed by atoms with Gasteiger partial charge in [-0.1, -0.05) is 29.3 Å². The van der Waals surface area contributed by atoms with Gasteiger partial charge >= 0.3 is 6.03 Å². The van der Waals surface area contributed by atoms with Crippen molar-refractivity contribution in [2.24, 2.45) is 0 Å². The van der Waals surface area contributed by atoms with Crippen molar-refractivity contribution in [1.82, 2.24) is 5.32 Å². The summed E-state index contributed by atoms with van der Waals surface area (Å²) in [6.07, 6.45) is 1.19. The van der Waals surface area contributed by atoms with E-state index in [0.717, 1.165) is 10.5 Å². The Morgan fingerprint density at radius 1 is 1.06 bits per heavy atom. The van der Waals surface area contributed by atoms with E-state index in [1.807, 2.05) is 6.92 Å². The Kier molecular flexibility index (Phi) is 5.33. The predicted molar refractivity (Wildman–Crippen MR) is 116 cm³/mol. The highest BCUT2D eigenvalue weighted by atomic mass is 35.5. The number of furan rings is 1. The number of carbonyl (C=O) groups is 3. The number of nitrogens with zero attached hydrogens (tertiary/aromatic N) is 2. The van der Waals surface area contributed by atoms with Gasteiger partial charge in [-0.15, -0.1) is 0 Å². The predicted octanol–water partition coefficient (Wildman–Crippen LogP) is 4.48. The molecular formula is C22H14ClN3O6. The Labute approximate surface area is 186 Å². The lowest BCUT2D eigenvalue weighted by molar-refractivity contribution is -0.384. The van der Waals surface area contributed by atoms with Crippen LogP contribution in [0.15, 0.2) is 64.6 Å². The fraction of sp³-hybridized carbons (Fsp3) is 0.0455. The molecule has 1 aliphatic rings. The Bertz CT molecular complexity index is 1310. The number of anilines is 1. The van der Waals surface area contributed by atoms with Crippen LogP contribution >= 0.6 is 11.6 Å². The zero-order chi connectivity index (χ0) is 23.0. The zero-order valence-electron chi connectivity index (χ0n) is 16.5. The number of non-ortho nitro benzene ring substituents is 1. The Balaban J connectivity index is 1.69. The quantitative estimate of drug-likeness (QED) is 0.270. The average molecular weight is 452 g/mol. The summed E-state index contributed by atoms with van der Waals surface area (Å²) in [5.74, 6) is -1.34. The van der Waals surface area contributed by atoms with E-state index in [1.165, 1.54) is 36.4 Å². The fourth-order valence-electron chi connectivity index (χ4n) is 3.12. The molecule has 0 saturated carbocycles. The fourth-order valence-corrected chi connectivity index (χ4v) is 3.33. The second-order valence-corrected chi connectivity index (χ2v) is 7.32. The summed E-state index contributed by atoms with van der Waals surface area (Å²) in [7, 11) is 0. The molecule has 3 aromatic rings. The smallest absolute Gasteiger partial charge is 0.335 e. The average Bonchev–Trinajstić information content (AvgIpc) is 3.21. The van der Waals surface area contributed by atoms with Crippen LogP contribution in [0.5, 0.6) is 0 Å². The first kappa shape index (κ1) is 21.0. The first-order valence-corrected chi connectivity index (χ1v) is 9.64. The molecule has 4 rings (SSSR count). The molecule has 10 heteroatoms. The molecule has 160 valence electrons.